The number of methoxy groups -OCH3 is 1. The number of benzene rings is 3. The van der Waals surface area contributed by atoms with E-state index in [9.17, 15) is 9.90 Å². The predicted molar refractivity (Wildman–Crippen MR) is 117 cm³/mol. The van der Waals surface area contributed by atoms with E-state index < -0.39 is 5.91 Å². The fraction of sp³-hybridized carbons (Fsp3) is 0.125. The van der Waals surface area contributed by atoms with Crippen LogP contribution in [0.2, 0.25) is 0 Å². The molecule has 0 saturated heterocycles. The van der Waals surface area contributed by atoms with Gasteiger partial charge in [0.05, 0.1) is 7.11 Å². The fourth-order valence-corrected chi connectivity index (χ4v) is 3.12. The second-order valence-corrected chi connectivity index (χ2v) is 6.75. The van der Waals surface area contributed by atoms with E-state index in [1.165, 1.54) is 18.7 Å². The van der Waals surface area contributed by atoms with Crippen molar-refractivity contribution in [2.24, 2.45) is 5.73 Å². The number of hydrogen-bond donors (Lipinski definition) is 2. The van der Waals surface area contributed by atoms with Crippen LogP contribution in [-0.4, -0.2) is 25.2 Å². The molecule has 0 aliphatic heterocycles. The average molecular weight is 388 g/mol. The number of rotatable bonds is 7. The third-order valence-corrected chi connectivity index (χ3v) is 4.64. The normalized spacial score (nSPS) is 11.2. The maximum Gasteiger partial charge on any atom is 0.249 e. The van der Waals surface area contributed by atoms with E-state index in [2.05, 4.69) is 17.0 Å². The van der Waals surface area contributed by atoms with Gasteiger partial charge in [0, 0.05) is 24.9 Å². The monoisotopic (exact) mass is 388 g/mol. The molecule has 0 aromatic heterocycles. The second kappa shape index (κ2) is 8.97. The third-order valence-electron chi connectivity index (χ3n) is 4.64. The molecule has 3 N–H and O–H groups in total. The van der Waals surface area contributed by atoms with E-state index in [0.717, 1.165) is 12.2 Å². The quantitative estimate of drug-likeness (QED) is 0.473. The Bertz CT molecular complexity index is 1030. The van der Waals surface area contributed by atoms with Crippen LogP contribution in [0, 0.1) is 0 Å². The van der Waals surface area contributed by atoms with E-state index in [4.69, 9.17) is 10.5 Å². The van der Waals surface area contributed by atoms with Crippen molar-refractivity contribution < 1.29 is 14.6 Å². The molecule has 0 aliphatic rings. The van der Waals surface area contributed by atoms with Crippen LogP contribution in [0.1, 0.15) is 16.7 Å². The van der Waals surface area contributed by atoms with Crippen LogP contribution < -0.4 is 15.4 Å². The van der Waals surface area contributed by atoms with Gasteiger partial charge in [0.25, 0.3) is 0 Å². The number of carbonyl (C=O) groups excluding carboxylic acids is 1. The lowest BCUT2D eigenvalue weighted by atomic mass is 10.0. The smallest absolute Gasteiger partial charge is 0.249 e. The molecule has 0 atom stereocenters. The van der Waals surface area contributed by atoms with Gasteiger partial charge in [-0.25, -0.2) is 0 Å². The van der Waals surface area contributed by atoms with Crippen LogP contribution in [0.25, 0.3) is 11.6 Å². The van der Waals surface area contributed by atoms with Crippen molar-refractivity contribution in [3.05, 3.63) is 89.5 Å². The molecule has 5 nitrogen and oxygen atoms in total. The third kappa shape index (κ3) is 4.96. The standard InChI is InChI=1S/C24H24N2O3/c1-26(16-17-7-4-3-5-8-17)20-10-6-9-19(15-20)21(24(25)28)13-18-11-12-23(29-2)22(27)14-18/h3-15,27H,16H2,1-2H3,(H2,25,28)/b21-13-. The first-order valence-corrected chi connectivity index (χ1v) is 9.22. The number of primary amides is 1. The Morgan fingerprint density at radius 2 is 1.83 bits per heavy atom. The van der Waals surface area contributed by atoms with Gasteiger partial charge in [-0.2, -0.15) is 0 Å². The number of phenolic OH excluding ortho intramolecular Hbond substituents is 1. The molecular weight excluding hydrogens is 364 g/mol. The number of nitrogens with zero attached hydrogens (tertiary/aromatic N) is 1. The highest BCUT2D eigenvalue weighted by Gasteiger charge is 2.12. The van der Waals surface area contributed by atoms with E-state index >= 15 is 0 Å². The Hall–Kier alpha value is -3.73. The van der Waals surface area contributed by atoms with Crippen molar-refractivity contribution in [1.82, 2.24) is 0 Å². The maximum absolute atomic E-state index is 12.1. The lowest BCUT2D eigenvalue weighted by molar-refractivity contribution is -0.112. The number of ether oxygens (including phenoxy) is 1. The van der Waals surface area contributed by atoms with Crippen LogP contribution in [0.15, 0.2) is 72.8 Å². The second-order valence-electron chi connectivity index (χ2n) is 6.75. The van der Waals surface area contributed by atoms with Crippen molar-refractivity contribution in [3.8, 4) is 11.5 Å². The van der Waals surface area contributed by atoms with Gasteiger partial charge < -0.3 is 20.5 Å². The van der Waals surface area contributed by atoms with Gasteiger partial charge in [0.15, 0.2) is 11.5 Å². The summed E-state index contributed by atoms with van der Waals surface area (Å²) in [4.78, 5) is 14.2. The van der Waals surface area contributed by atoms with E-state index in [1.54, 1.807) is 18.2 Å². The summed E-state index contributed by atoms with van der Waals surface area (Å²) in [6.07, 6.45) is 1.66. The molecule has 0 bridgehead atoms. The summed E-state index contributed by atoms with van der Waals surface area (Å²) in [6, 6.07) is 22.8. The SMILES string of the molecule is COc1ccc(/C=C(\C(N)=O)c2cccc(N(C)Cc3ccccc3)c2)cc1O. The summed E-state index contributed by atoms with van der Waals surface area (Å²) in [5.74, 6) is -0.170. The molecule has 3 aromatic carbocycles. The zero-order valence-corrected chi connectivity index (χ0v) is 16.5. The first-order chi connectivity index (χ1) is 14.0. The van der Waals surface area contributed by atoms with Crippen molar-refractivity contribution >= 4 is 23.2 Å². The summed E-state index contributed by atoms with van der Waals surface area (Å²) in [5, 5.41) is 9.99. The summed E-state index contributed by atoms with van der Waals surface area (Å²) < 4.78 is 5.06. The molecule has 5 heteroatoms. The van der Waals surface area contributed by atoms with Gasteiger partial charge in [0.2, 0.25) is 5.91 Å². The van der Waals surface area contributed by atoms with Gasteiger partial charge in [0.1, 0.15) is 0 Å². The number of amides is 1. The van der Waals surface area contributed by atoms with E-state index in [1.807, 2.05) is 49.5 Å². The Balaban J connectivity index is 1.91. The highest BCUT2D eigenvalue weighted by molar-refractivity contribution is 6.23. The molecule has 1 amide bonds. The Labute approximate surface area is 170 Å². The molecule has 0 unspecified atom stereocenters. The van der Waals surface area contributed by atoms with Gasteiger partial charge in [-0.1, -0.05) is 48.5 Å². The molecule has 148 valence electrons. The molecular formula is C24H24N2O3. The van der Waals surface area contributed by atoms with Crippen LogP contribution in [-0.2, 0) is 11.3 Å². The van der Waals surface area contributed by atoms with Crippen LogP contribution in [0.5, 0.6) is 11.5 Å². The van der Waals surface area contributed by atoms with Crippen LogP contribution >= 0.6 is 0 Å². The summed E-state index contributed by atoms with van der Waals surface area (Å²) in [5.41, 5.74) is 9.55. The number of carbonyl (C=O) groups is 1. The van der Waals surface area contributed by atoms with Crippen molar-refractivity contribution in [1.29, 1.82) is 0 Å². The molecule has 0 aliphatic carbocycles. The van der Waals surface area contributed by atoms with Crippen molar-refractivity contribution in [3.63, 3.8) is 0 Å². The van der Waals surface area contributed by atoms with E-state index in [0.29, 0.717) is 22.4 Å². The number of phenols is 1. The fourth-order valence-electron chi connectivity index (χ4n) is 3.12. The largest absolute Gasteiger partial charge is 0.504 e. The summed E-state index contributed by atoms with van der Waals surface area (Å²) in [6.45, 7) is 0.742. The molecule has 3 aromatic rings. The van der Waals surface area contributed by atoms with Crippen LogP contribution in [0.3, 0.4) is 0 Å². The Morgan fingerprint density at radius 3 is 2.48 bits per heavy atom. The zero-order valence-electron chi connectivity index (χ0n) is 16.5. The molecule has 3 rings (SSSR count). The number of nitrogens with two attached hydrogens (primary N) is 1. The van der Waals surface area contributed by atoms with E-state index in [-0.39, 0.29) is 5.75 Å². The topological polar surface area (TPSA) is 75.8 Å². The highest BCUT2D eigenvalue weighted by atomic mass is 16.5. The first kappa shape index (κ1) is 20.0. The molecule has 0 fully saturated rings. The summed E-state index contributed by atoms with van der Waals surface area (Å²) >= 11 is 0. The van der Waals surface area contributed by atoms with Crippen molar-refractivity contribution in [2.75, 3.05) is 19.1 Å². The molecule has 0 heterocycles. The first-order valence-electron chi connectivity index (χ1n) is 9.22. The predicted octanol–water partition coefficient (Wildman–Crippen LogP) is 4.06. The zero-order chi connectivity index (χ0) is 20.8. The average Bonchev–Trinajstić information content (AvgIpc) is 2.72. The van der Waals surface area contributed by atoms with Gasteiger partial charge in [-0.3, -0.25) is 4.79 Å². The van der Waals surface area contributed by atoms with Gasteiger partial charge in [-0.05, 0) is 47.0 Å². The minimum absolute atomic E-state index is 0.00131. The molecule has 29 heavy (non-hydrogen) atoms. The number of hydrogen-bond acceptors (Lipinski definition) is 4. The Kier molecular flexibility index (Phi) is 6.19. The van der Waals surface area contributed by atoms with Crippen molar-refractivity contribution in [2.45, 2.75) is 6.54 Å². The minimum atomic E-state index is -0.539. The minimum Gasteiger partial charge on any atom is -0.504 e. The number of aromatic hydroxyl groups is 1. The highest BCUT2D eigenvalue weighted by Crippen LogP contribution is 2.29. The van der Waals surface area contributed by atoms with Crippen LogP contribution in [0.4, 0.5) is 5.69 Å². The maximum atomic E-state index is 12.1. The molecule has 0 saturated carbocycles. The molecule has 0 spiro atoms. The lowest BCUT2D eigenvalue weighted by Crippen LogP contribution is -2.17. The summed E-state index contributed by atoms with van der Waals surface area (Å²) in [7, 11) is 3.48. The lowest BCUT2D eigenvalue weighted by Gasteiger charge is -2.20. The molecule has 0 radical (unpaired) electrons. The van der Waals surface area contributed by atoms with Gasteiger partial charge in [-0.15, -0.1) is 0 Å². The number of anilines is 1. The van der Waals surface area contributed by atoms with Gasteiger partial charge >= 0.3 is 0 Å². The Morgan fingerprint density at radius 1 is 1.07 bits per heavy atom.